The molecule has 1 aromatic heterocycles. The van der Waals surface area contributed by atoms with E-state index in [0.717, 1.165) is 27.2 Å². The summed E-state index contributed by atoms with van der Waals surface area (Å²) in [6.07, 6.45) is 0. The number of hydrogen-bond acceptors (Lipinski definition) is 4. The number of primary sulfonamides is 1. The number of aromatic amines is 1. The number of benzene rings is 3. The lowest BCUT2D eigenvalue weighted by molar-refractivity contribution is 0.416. The molecule has 0 saturated carbocycles. The highest BCUT2D eigenvalue weighted by molar-refractivity contribution is 7.88. The Morgan fingerprint density at radius 3 is 2.58 bits per heavy atom. The van der Waals surface area contributed by atoms with Crippen molar-refractivity contribution in [1.82, 2.24) is 10.2 Å². The van der Waals surface area contributed by atoms with Gasteiger partial charge in [0.15, 0.2) is 0 Å². The molecule has 0 radical (unpaired) electrons. The van der Waals surface area contributed by atoms with E-state index in [-0.39, 0.29) is 5.75 Å². The molecule has 0 saturated heterocycles. The van der Waals surface area contributed by atoms with Crippen LogP contribution < -0.4 is 9.88 Å². The monoisotopic (exact) mass is 367 g/mol. The first-order valence-corrected chi connectivity index (χ1v) is 9.71. The Morgan fingerprint density at radius 2 is 1.85 bits per heavy atom. The molecule has 0 spiro atoms. The SMILES string of the molecule is COc1c(CS(N)(=O)=O)ccc2[nH]nc(-c3ccc4ccccc4c3)c12. The first-order valence-electron chi connectivity index (χ1n) is 8.00. The minimum Gasteiger partial charge on any atom is -0.496 e. The van der Waals surface area contributed by atoms with Gasteiger partial charge in [-0.1, -0.05) is 42.5 Å². The molecule has 0 bridgehead atoms. The van der Waals surface area contributed by atoms with Crippen LogP contribution in [0.5, 0.6) is 5.75 Å². The van der Waals surface area contributed by atoms with Crippen LogP contribution in [0.1, 0.15) is 5.56 Å². The molecule has 0 aliphatic heterocycles. The van der Waals surface area contributed by atoms with Crippen LogP contribution in [0.3, 0.4) is 0 Å². The number of ether oxygens (including phenoxy) is 1. The molecule has 0 aliphatic rings. The summed E-state index contributed by atoms with van der Waals surface area (Å²) in [5.74, 6) is 0.169. The van der Waals surface area contributed by atoms with Crippen molar-refractivity contribution in [2.75, 3.05) is 7.11 Å². The Hall–Kier alpha value is -2.90. The Balaban J connectivity index is 1.96. The molecule has 0 aliphatic carbocycles. The van der Waals surface area contributed by atoms with Crippen molar-refractivity contribution in [3.05, 3.63) is 60.2 Å². The van der Waals surface area contributed by atoms with Gasteiger partial charge in [-0.3, -0.25) is 5.10 Å². The third-order valence-corrected chi connectivity index (χ3v) is 5.06. The van der Waals surface area contributed by atoms with Gasteiger partial charge < -0.3 is 4.74 Å². The summed E-state index contributed by atoms with van der Waals surface area (Å²) in [5.41, 5.74) is 2.90. The quantitative estimate of drug-likeness (QED) is 0.579. The number of sulfonamides is 1. The second-order valence-electron chi connectivity index (χ2n) is 6.12. The van der Waals surface area contributed by atoms with E-state index in [1.165, 1.54) is 7.11 Å². The molecule has 1 heterocycles. The third-order valence-electron chi connectivity index (χ3n) is 4.35. The molecule has 132 valence electrons. The summed E-state index contributed by atoms with van der Waals surface area (Å²) in [6.45, 7) is 0. The van der Waals surface area contributed by atoms with Crippen molar-refractivity contribution in [2.45, 2.75) is 5.75 Å². The van der Waals surface area contributed by atoms with E-state index >= 15 is 0 Å². The predicted molar refractivity (Wildman–Crippen MR) is 102 cm³/mol. The van der Waals surface area contributed by atoms with Gasteiger partial charge >= 0.3 is 0 Å². The van der Waals surface area contributed by atoms with Crippen LogP contribution in [-0.4, -0.2) is 25.7 Å². The first kappa shape index (κ1) is 16.6. The highest BCUT2D eigenvalue weighted by atomic mass is 32.2. The van der Waals surface area contributed by atoms with E-state index in [0.29, 0.717) is 17.0 Å². The summed E-state index contributed by atoms with van der Waals surface area (Å²) >= 11 is 0. The number of nitrogens with zero attached hydrogens (tertiary/aromatic N) is 1. The van der Waals surface area contributed by atoms with E-state index in [1.807, 2.05) is 36.4 Å². The van der Waals surface area contributed by atoms with Crippen molar-refractivity contribution < 1.29 is 13.2 Å². The van der Waals surface area contributed by atoms with E-state index in [4.69, 9.17) is 9.88 Å². The zero-order chi connectivity index (χ0) is 18.3. The molecule has 6 nitrogen and oxygen atoms in total. The molecule has 4 rings (SSSR count). The van der Waals surface area contributed by atoms with E-state index in [1.54, 1.807) is 12.1 Å². The fourth-order valence-corrected chi connectivity index (χ4v) is 3.90. The Kier molecular flexibility index (Phi) is 3.90. The number of rotatable bonds is 4. The fraction of sp³-hybridized carbons (Fsp3) is 0.105. The molecule has 0 fully saturated rings. The number of hydrogen-bond donors (Lipinski definition) is 2. The normalized spacial score (nSPS) is 11.9. The molecular formula is C19H17N3O3S. The number of nitrogens with two attached hydrogens (primary N) is 1. The zero-order valence-corrected chi connectivity index (χ0v) is 14.9. The van der Waals surface area contributed by atoms with Gasteiger partial charge in [0.2, 0.25) is 10.0 Å². The van der Waals surface area contributed by atoms with Crippen LogP contribution in [-0.2, 0) is 15.8 Å². The maximum Gasteiger partial charge on any atom is 0.213 e. The maximum absolute atomic E-state index is 11.5. The summed E-state index contributed by atoms with van der Waals surface area (Å²) in [7, 11) is -2.17. The molecule has 3 aromatic carbocycles. The second-order valence-corrected chi connectivity index (χ2v) is 7.74. The molecule has 26 heavy (non-hydrogen) atoms. The highest BCUT2D eigenvalue weighted by Gasteiger charge is 2.19. The number of fused-ring (bicyclic) bond motifs is 2. The van der Waals surface area contributed by atoms with Crippen LogP contribution in [0.15, 0.2) is 54.6 Å². The Morgan fingerprint density at radius 1 is 1.08 bits per heavy atom. The largest absolute Gasteiger partial charge is 0.496 e. The van der Waals surface area contributed by atoms with Gasteiger partial charge in [0.05, 0.1) is 23.8 Å². The van der Waals surface area contributed by atoms with Gasteiger partial charge in [0.25, 0.3) is 0 Å². The summed E-state index contributed by atoms with van der Waals surface area (Å²) in [5, 5.41) is 15.6. The van der Waals surface area contributed by atoms with Crippen molar-refractivity contribution in [2.24, 2.45) is 5.14 Å². The number of methoxy groups -OCH3 is 1. The predicted octanol–water partition coefficient (Wildman–Crippen LogP) is 3.18. The van der Waals surface area contributed by atoms with Crippen LogP contribution in [0.25, 0.3) is 32.9 Å². The zero-order valence-electron chi connectivity index (χ0n) is 14.1. The lowest BCUT2D eigenvalue weighted by Crippen LogP contribution is -2.15. The standard InChI is InChI=1S/C19H17N3O3S/c1-25-19-15(11-26(20,23)24)8-9-16-17(19)18(22-21-16)14-7-6-12-4-2-3-5-13(12)10-14/h2-10H,11H2,1H3,(H,21,22)(H2,20,23,24). The van der Waals surface area contributed by atoms with Gasteiger partial charge in [0.1, 0.15) is 11.4 Å². The minimum atomic E-state index is -3.68. The van der Waals surface area contributed by atoms with Crippen molar-refractivity contribution in [1.29, 1.82) is 0 Å². The average molecular weight is 367 g/mol. The fourth-order valence-electron chi connectivity index (χ4n) is 3.24. The van der Waals surface area contributed by atoms with Crippen molar-refractivity contribution in [3.8, 4) is 17.0 Å². The van der Waals surface area contributed by atoms with Crippen molar-refractivity contribution >= 4 is 31.7 Å². The van der Waals surface area contributed by atoms with E-state index in [2.05, 4.69) is 16.3 Å². The van der Waals surface area contributed by atoms with E-state index < -0.39 is 10.0 Å². The minimum absolute atomic E-state index is 0.297. The van der Waals surface area contributed by atoms with Crippen LogP contribution in [0, 0.1) is 0 Å². The van der Waals surface area contributed by atoms with Crippen LogP contribution >= 0.6 is 0 Å². The number of H-pyrrole nitrogens is 1. The molecule has 4 aromatic rings. The Labute approximate surface area is 150 Å². The van der Waals surface area contributed by atoms with Crippen LogP contribution in [0.2, 0.25) is 0 Å². The van der Waals surface area contributed by atoms with E-state index in [9.17, 15) is 8.42 Å². The van der Waals surface area contributed by atoms with Gasteiger partial charge in [-0.05, 0) is 22.9 Å². The second kappa shape index (κ2) is 6.12. The number of aromatic nitrogens is 2. The van der Waals surface area contributed by atoms with Gasteiger partial charge in [0, 0.05) is 11.1 Å². The Bertz CT molecular complexity index is 1230. The van der Waals surface area contributed by atoms with Crippen molar-refractivity contribution in [3.63, 3.8) is 0 Å². The first-order chi connectivity index (χ1) is 12.5. The summed E-state index contributed by atoms with van der Waals surface area (Å²) in [6, 6.07) is 17.6. The van der Waals surface area contributed by atoms with Gasteiger partial charge in [-0.2, -0.15) is 5.10 Å². The number of nitrogens with one attached hydrogen (secondary N) is 1. The maximum atomic E-state index is 11.5. The lowest BCUT2D eigenvalue weighted by atomic mass is 10.0. The lowest BCUT2D eigenvalue weighted by Gasteiger charge is -2.10. The van der Waals surface area contributed by atoms with Gasteiger partial charge in [-0.25, -0.2) is 13.6 Å². The smallest absolute Gasteiger partial charge is 0.213 e. The highest BCUT2D eigenvalue weighted by Crippen LogP contribution is 2.37. The third kappa shape index (κ3) is 2.91. The summed E-state index contributed by atoms with van der Waals surface area (Å²) < 4.78 is 28.6. The molecule has 0 atom stereocenters. The summed E-state index contributed by atoms with van der Waals surface area (Å²) in [4.78, 5) is 0. The van der Waals surface area contributed by atoms with Crippen LogP contribution in [0.4, 0.5) is 0 Å². The molecule has 7 heteroatoms. The topological polar surface area (TPSA) is 98.1 Å². The molecule has 0 unspecified atom stereocenters. The molecular weight excluding hydrogens is 350 g/mol. The molecule has 0 amide bonds. The molecule has 3 N–H and O–H groups in total. The average Bonchev–Trinajstić information content (AvgIpc) is 3.04. The van der Waals surface area contributed by atoms with Gasteiger partial charge in [-0.15, -0.1) is 0 Å².